The molecule has 1 aromatic carbocycles. The second-order valence-electron chi connectivity index (χ2n) is 5.69. The number of benzene rings is 1. The molecule has 0 fully saturated rings. The van der Waals surface area contributed by atoms with E-state index in [-0.39, 0.29) is 11.3 Å². The predicted octanol–water partition coefficient (Wildman–Crippen LogP) is 3.28. The maximum absolute atomic E-state index is 13.1. The first kappa shape index (κ1) is 17.3. The molecule has 4 nitrogen and oxygen atoms in total. The van der Waals surface area contributed by atoms with E-state index in [1.807, 2.05) is 26.0 Å². The first-order chi connectivity index (χ1) is 10.9. The lowest BCUT2D eigenvalue weighted by atomic mass is 9.94. The Labute approximate surface area is 141 Å². The van der Waals surface area contributed by atoms with Gasteiger partial charge in [0.15, 0.2) is 5.78 Å². The third-order valence-electron chi connectivity index (χ3n) is 3.88. The van der Waals surface area contributed by atoms with Crippen molar-refractivity contribution in [2.24, 2.45) is 0 Å². The minimum atomic E-state index is -0.249. The van der Waals surface area contributed by atoms with Gasteiger partial charge in [0.05, 0.1) is 5.56 Å². The van der Waals surface area contributed by atoms with Crippen LogP contribution in [0.4, 0.5) is 5.69 Å². The molecule has 0 radical (unpaired) electrons. The van der Waals surface area contributed by atoms with Gasteiger partial charge in [0.1, 0.15) is 5.69 Å². The Morgan fingerprint density at radius 1 is 1.30 bits per heavy atom. The van der Waals surface area contributed by atoms with Crippen LogP contribution in [0.3, 0.4) is 0 Å². The van der Waals surface area contributed by atoms with Crippen LogP contribution in [0.25, 0.3) is 0 Å². The van der Waals surface area contributed by atoms with E-state index in [1.165, 1.54) is 0 Å². The number of hydrogen-bond donors (Lipinski definition) is 1. The molecule has 0 aliphatic heterocycles. The summed E-state index contributed by atoms with van der Waals surface area (Å²) in [5.41, 5.74) is 3.66. The van der Waals surface area contributed by atoms with Gasteiger partial charge in [-0.3, -0.25) is 9.59 Å². The van der Waals surface area contributed by atoms with Crippen LogP contribution >= 0.6 is 11.6 Å². The molecule has 0 aliphatic carbocycles. The Morgan fingerprint density at radius 3 is 2.57 bits per heavy atom. The van der Waals surface area contributed by atoms with Gasteiger partial charge in [0, 0.05) is 31.2 Å². The average molecular weight is 333 g/mol. The molecule has 0 amide bonds. The lowest BCUT2D eigenvalue weighted by molar-refractivity contribution is 0.103. The normalized spacial score (nSPS) is 10.7. The van der Waals surface area contributed by atoms with Gasteiger partial charge in [0.25, 0.3) is 5.56 Å². The van der Waals surface area contributed by atoms with Crippen molar-refractivity contribution in [2.75, 3.05) is 19.0 Å². The zero-order valence-electron chi connectivity index (χ0n) is 13.9. The Bertz CT molecular complexity index is 794. The molecular weight excluding hydrogens is 312 g/mol. The Morgan fingerprint density at radius 2 is 2.00 bits per heavy atom. The molecule has 0 saturated carbocycles. The number of anilines is 1. The number of nitrogens with zero attached hydrogens (tertiary/aromatic N) is 1. The maximum Gasteiger partial charge on any atom is 0.272 e. The SMILES string of the molecule is CCc1c(C)[nH]c(=O)c(N(C)C)c1C(=O)c1cccc(CCl)c1. The molecule has 0 bridgehead atoms. The van der Waals surface area contributed by atoms with Crippen LogP contribution in [0.1, 0.15) is 39.7 Å². The number of carbonyl (C=O) groups is 1. The number of rotatable bonds is 5. The van der Waals surface area contributed by atoms with Crippen LogP contribution in [-0.2, 0) is 12.3 Å². The monoisotopic (exact) mass is 332 g/mol. The summed E-state index contributed by atoms with van der Waals surface area (Å²) in [6, 6.07) is 7.23. The number of aromatic amines is 1. The van der Waals surface area contributed by atoms with Gasteiger partial charge in [0.2, 0.25) is 0 Å². The molecule has 1 heterocycles. The molecule has 5 heteroatoms. The van der Waals surface area contributed by atoms with Crippen molar-refractivity contribution < 1.29 is 4.79 Å². The second kappa shape index (κ2) is 7.01. The van der Waals surface area contributed by atoms with Gasteiger partial charge >= 0.3 is 0 Å². The summed E-state index contributed by atoms with van der Waals surface area (Å²) in [4.78, 5) is 30.0. The molecular formula is C18H21ClN2O2. The summed E-state index contributed by atoms with van der Waals surface area (Å²) >= 11 is 5.87. The number of aryl methyl sites for hydroxylation is 1. The molecule has 0 spiro atoms. The molecule has 122 valence electrons. The number of ketones is 1. The minimum absolute atomic E-state index is 0.147. The van der Waals surface area contributed by atoms with Gasteiger partial charge in [-0.25, -0.2) is 0 Å². The van der Waals surface area contributed by atoms with Crippen molar-refractivity contribution >= 4 is 23.1 Å². The van der Waals surface area contributed by atoms with Gasteiger partial charge in [-0.05, 0) is 30.5 Å². The summed E-state index contributed by atoms with van der Waals surface area (Å²) in [7, 11) is 3.54. The van der Waals surface area contributed by atoms with E-state index in [1.54, 1.807) is 31.1 Å². The number of pyridine rings is 1. The number of carbonyl (C=O) groups excluding carboxylic acids is 1. The highest BCUT2D eigenvalue weighted by Crippen LogP contribution is 2.25. The maximum atomic E-state index is 13.1. The first-order valence-corrected chi connectivity index (χ1v) is 8.06. The number of aromatic nitrogens is 1. The number of alkyl halides is 1. The van der Waals surface area contributed by atoms with Crippen LogP contribution in [0, 0.1) is 6.92 Å². The second-order valence-corrected chi connectivity index (χ2v) is 5.96. The summed E-state index contributed by atoms with van der Waals surface area (Å²) in [5.74, 6) is 0.197. The molecule has 0 saturated heterocycles. The highest BCUT2D eigenvalue weighted by atomic mass is 35.5. The van der Waals surface area contributed by atoms with Gasteiger partial charge in [-0.2, -0.15) is 0 Å². The van der Waals surface area contributed by atoms with Crippen LogP contribution in [0.15, 0.2) is 29.1 Å². The zero-order chi connectivity index (χ0) is 17.1. The number of nitrogens with one attached hydrogen (secondary N) is 1. The number of H-pyrrole nitrogens is 1. The zero-order valence-corrected chi connectivity index (χ0v) is 14.6. The predicted molar refractivity (Wildman–Crippen MR) is 94.9 cm³/mol. The van der Waals surface area contributed by atoms with E-state index >= 15 is 0 Å². The topological polar surface area (TPSA) is 53.2 Å². The van der Waals surface area contributed by atoms with Crippen molar-refractivity contribution in [3.63, 3.8) is 0 Å². The van der Waals surface area contributed by atoms with Gasteiger partial charge in [-0.15, -0.1) is 11.6 Å². The van der Waals surface area contributed by atoms with E-state index in [4.69, 9.17) is 11.6 Å². The van der Waals surface area contributed by atoms with E-state index < -0.39 is 0 Å². The third-order valence-corrected chi connectivity index (χ3v) is 4.19. The van der Waals surface area contributed by atoms with E-state index in [0.717, 1.165) is 16.8 Å². The quantitative estimate of drug-likeness (QED) is 0.675. The van der Waals surface area contributed by atoms with Crippen molar-refractivity contribution in [3.8, 4) is 0 Å². The molecule has 1 N–H and O–H groups in total. The molecule has 2 aromatic rings. The fourth-order valence-electron chi connectivity index (χ4n) is 2.80. The first-order valence-electron chi connectivity index (χ1n) is 7.53. The summed E-state index contributed by atoms with van der Waals surface area (Å²) < 4.78 is 0. The largest absolute Gasteiger partial charge is 0.373 e. The Balaban J connectivity index is 2.74. The summed E-state index contributed by atoms with van der Waals surface area (Å²) in [6.07, 6.45) is 0.666. The minimum Gasteiger partial charge on any atom is -0.373 e. The Hall–Kier alpha value is -2.07. The fraction of sp³-hybridized carbons (Fsp3) is 0.333. The van der Waals surface area contributed by atoms with Gasteiger partial charge in [-0.1, -0.05) is 25.1 Å². The van der Waals surface area contributed by atoms with Gasteiger partial charge < -0.3 is 9.88 Å². The van der Waals surface area contributed by atoms with Crippen molar-refractivity contribution in [3.05, 3.63) is 62.6 Å². The van der Waals surface area contributed by atoms with Crippen LogP contribution in [0.5, 0.6) is 0 Å². The van der Waals surface area contributed by atoms with E-state index in [0.29, 0.717) is 29.1 Å². The number of hydrogen-bond acceptors (Lipinski definition) is 3. The molecule has 1 aromatic heterocycles. The van der Waals surface area contributed by atoms with Crippen molar-refractivity contribution in [2.45, 2.75) is 26.1 Å². The lowest BCUT2D eigenvalue weighted by Gasteiger charge is -2.20. The molecule has 23 heavy (non-hydrogen) atoms. The van der Waals surface area contributed by atoms with Crippen LogP contribution in [0.2, 0.25) is 0 Å². The number of halogens is 1. The highest BCUT2D eigenvalue weighted by molar-refractivity contribution is 6.17. The van der Waals surface area contributed by atoms with Crippen molar-refractivity contribution in [1.29, 1.82) is 0 Å². The molecule has 0 aliphatic rings. The third kappa shape index (κ3) is 3.32. The van der Waals surface area contributed by atoms with Crippen LogP contribution in [-0.4, -0.2) is 24.9 Å². The van der Waals surface area contributed by atoms with E-state index in [9.17, 15) is 9.59 Å². The fourth-order valence-corrected chi connectivity index (χ4v) is 2.97. The standard InChI is InChI=1S/C18H21ClN2O2/c1-5-14-11(2)20-18(23)16(21(3)4)15(14)17(22)13-8-6-7-12(9-13)10-19/h6-9H,5,10H2,1-4H3,(H,20,23). The van der Waals surface area contributed by atoms with E-state index in [2.05, 4.69) is 4.98 Å². The smallest absolute Gasteiger partial charge is 0.272 e. The molecule has 2 rings (SSSR count). The molecule has 0 unspecified atom stereocenters. The molecule has 0 atom stereocenters. The Kier molecular flexibility index (Phi) is 5.26. The van der Waals surface area contributed by atoms with Crippen LogP contribution < -0.4 is 10.5 Å². The average Bonchev–Trinajstić information content (AvgIpc) is 2.53. The highest BCUT2D eigenvalue weighted by Gasteiger charge is 2.23. The lowest BCUT2D eigenvalue weighted by Crippen LogP contribution is -2.27. The summed E-state index contributed by atoms with van der Waals surface area (Å²) in [6.45, 7) is 3.80. The van der Waals surface area contributed by atoms with Crippen molar-refractivity contribution in [1.82, 2.24) is 4.98 Å². The summed E-state index contributed by atoms with van der Waals surface area (Å²) in [5, 5.41) is 0.